The Morgan fingerprint density at radius 2 is 1.95 bits per heavy atom. The van der Waals surface area contributed by atoms with Crippen LogP contribution in [0.4, 0.5) is 0 Å². The minimum Gasteiger partial charge on any atom is -0.327 e. The maximum atomic E-state index is 6.37. The van der Waals surface area contributed by atoms with Crippen molar-refractivity contribution in [1.82, 2.24) is 4.90 Å². The van der Waals surface area contributed by atoms with E-state index >= 15 is 0 Å². The van der Waals surface area contributed by atoms with Crippen LogP contribution in [0, 0.1) is 11.8 Å². The lowest BCUT2D eigenvalue weighted by Crippen LogP contribution is -2.38. The van der Waals surface area contributed by atoms with E-state index in [2.05, 4.69) is 29.2 Å². The predicted molar refractivity (Wildman–Crippen MR) is 87.4 cm³/mol. The maximum Gasteiger partial charge on any atom is 0.00825 e. The lowest BCUT2D eigenvalue weighted by molar-refractivity contribution is 0.258. The summed E-state index contributed by atoms with van der Waals surface area (Å²) in [4.78, 5) is 2.73. The van der Waals surface area contributed by atoms with E-state index in [0.717, 1.165) is 17.8 Å². The van der Waals surface area contributed by atoms with E-state index < -0.39 is 0 Å². The van der Waals surface area contributed by atoms with E-state index in [1.807, 2.05) is 0 Å². The molecule has 2 N–H and O–H groups in total. The van der Waals surface area contributed by atoms with Gasteiger partial charge in [0.15, 0.2) is 0 Å². The van der Waals surface area contributed by atoms with Crippen LogP contribution in [0.5, 0.6) is 0 Å². The van der Waals surface area contributed by atoms with Crippen LogP contribution in [-0.4, -0.2) is 30.6 Å². The molecule has 1 aromatic rings. The number of hydrogen-bond donors (Lipinski definition) is 1. The van der Waals surface area contributed by atoms with Crippen LogP contribution in [0.15, 0.2) is 24.3 Å². The molecule has 114 valence electrons. The molecule has 0 amide bonds. The lowest BCUT2D eigenvalue weighted by Gasteiger charge is -2.30. The summed E-state index contributed by atoms with van der Waals surface area (Å²) >= 11 is 0. The van der Waals surface area contributed by atoms with E-state index in [0.29, 0.717) is 6.04 Å². The Labute approximate surface area is 128 Å². The van der Waals surface area contributed by atoms with Crippen LogP contribution in [-0.2, 0) is 6.42 Å². The Morgan fingerprint density at radius 1 is 1.05 bits per heavy atom. The monoisotopic (exact) mass is 284 g/mol. The maximum absolute atomic E-state index is 6.37. The molecule has 0 spiro atoms. The third-order valence-corrected chi connectivity index (χ3v) is 6.20. The molecule has 4 atom stereocenters. The summed E-state index contributed by atoms with van der Waals surface area (Å²) in [5.74, 6) is 2.41. The summed E-state index contributed by atoms with van der Waals surface area (Å²) in [7, 11) is 0. The number of fused-ring (bicyclic) bond motifs is 2. The first-order valence-corrected chi connectivity index (χ1v) is 8.87. The van der Waals surface area contributed by atoms with Crippen molar-refractivity contribution in [3.05, 3.63) is 35.4 Å². The lowest BCUT2D eigenvalue weighted by atomic mass is 9.78. The van der Waals surface area contributed by atoms with Gasteiger partial charge in [0.25, 0.3) is 0 Å². The first-order valence-electron chi connectivity index (χ1n) is 8.87. The van der Waals surface area contributed by atoms with Gasteiger partial charge in [0.2, 0.25) is 0 Å². The summed E-state index contributed by atoms with van der Waals surface area (Å²) < 4.78 is 0. The smallest absolute Gasteiger partial charge is 0.00825 e. The van der Waals surface area contributed by atoms with Crippen molar-refractivity contribution in [3.63, 3.8) is 0 Å². The van der Waals surface area contributed by atoms with Gasteiger partial charge in [0.1, 0.15) is 0 Å². The summed E-state index contributed by atoms with van der Waals surface area (Å²) in [5.41, 5.74) is 9.59. The SMILES string of the molecule is NC1CCCC2CN(CC3CCCc4ccccc43)CC12. The Hall–Kier alpha value is -0.860. The molecule has 2 fully saturated rings. The zero-order valence-electron chi connectivity index (χ0n) is 13.0. The summed E-state index contributed by atoms with van der Waals surface area (Å²) in [6.45, 7) is 3.82. The van der Waals surface area contributed by atoms with Gasteiger partial charge in [-0.15, -0.1) is 0 Å². The Morgan fingerprint density at radius 3 is 2.86 bits per heavy atom. The van der Waals surface area contributed by atoms with Crippen molar-refractivity contribution in [2.24, 2.45) is 17.6 Å². The Balaban J connectivity index is 1.46. The standard InChI is InChI=1S/C19H28N2/c20-19-10-4-8-16-12-21(13-18(16)19)11-15-7-3-6-14-5-1-2-9-17(14)15/h1-2,5,9,15-16,18-19H,3-4,6-8,10-13,20H2. The molecular weight excluding hydrogens is 256 g/mol. The third-order valence-electron chi connectivity index (χ3n) is 6.20. The fourth-order valence-electron chi connectivity index (χ4n) is 5.11. The molecule has 2 nitrogen and oxygen atoms in total. The van der Waals surface area contributed by atoms with Crippen LogP contribution in [0.3, 0.4) is 0 Å². The highest BCUT2D eigenvalue weighted by Crippen LogP contribution is 2.38. The predicted octanol–water partition coefficient (Wildman–Crippen LogP) is 3.17. The third kappa shape index (κ3) is 2.64. The molecule has 3 aliphatic rings. The number of rotatable bonds is 2. The van der Waals surface area contributed by atoms with Crippen molar-refractivity contribution >= 4 is 0 Å². The van der Waals surface area contributed by atoms with Crippen molar-refractivity contribution in [2.45, 2.75) is 50.5 Å². The van der Waals surface area contributed by atoms with Gasteiger partial charge in [-0.3, -0.25) is 0 Å². The highest BCUT2D eigenvalue weighted by atomic mass is 15.2. The second-order valence-corrected chi connectivity index (χ2v) is 7.53. The summed E-state index contributed by atoms with van der Waals surface area (Å²) in [5, 5.41) is 0. The average molecular weight is 284 g/mol. The molecule has 2 heteroatoms. The fraction of sp³-hybridized carbons (Fsp3) is 0.684. The average Bonchev–Trinajstić information content (AvgIpc) is 2.92. The zero-order valence-corrected chi connectivity index (χ0v) is 13.0. The van der Waals surface area contributed by atoms with Crippen LogP contribution in [0.2, 0.25) is 0 Å². The van der Waals surface area contributed by atoms with Gasteiger partial charge >= 0.3 is 0 Å². The Bertz CT molecular complexity index is 498. The molecule has 2 aliphatic carbocycles. The van der Waals surface area contributed by atoms with E-state index in [-0.39, 0.29) is 0 Å². The van der Waals surface area contributed by atoms with Crippen LogP contribution >= 0.6 is 0 Å². The highest BCUT2D eigenvalue weighted by molar-refractivity contribution is 5.32. The summed E-state index contributed by atoms with van der Waals surface area (Å²) in [6, 6.07) is 9.59. The molecule has 4 rings (SSSR count). The second kappa shape index (κ2) is 5.73. The fourth-order valence-corrected chi connectivity index (χ4v) is 5.11. The minimum atomic E-state index is 0.465. The molecular formula is C19H28N2. The Kier molecular flexibility index (Phi) is 3.76. The van der Waals surface area contributed by atoms with Crippen LogP contribution in [0.1, 0.15) is 49.1 Å². The molecule has 1 aliphatic heterocycles. The molecule has 1 saturated carbocycles. The molecule has 1 aromatic carbocycles. The number of benzene rings is 1. The minimum absolute atomic E-state index is 0.465. The van der Waals surface area contributed by atoms with Crippen LogP contribution < -0.4 is 5.73 Å². The van der Waals surface area contributed by atoms with E-state index in [1.165, 1.54) is 58.2 Å². The molecule has 4 unspecified atom stereocenters. The quantitative estimate of drug-likeness (QED) is 0.904. The van der Waals surface area contributed by atoms with Gasteiger partial charge in [0.05, 0.1) is 0 Å². The van der Waals surface area contributed by atoms with Gasteiger partial charge < -0.3 is 10.6 Å². The molecule has 0 radical (unpaired) electrons. The molecule has 21 heavy (non-hydrogen) atoms. The van der Waals surface area contributed by atoms with Crippen LogP contribution in [0.25, 0.3) is 0 Å². The molecule has 1 saturated heterocycles. The van der Waals surface area contributed by atoms with Gasteiger partial charge in [-0.1, -0.05) is 30.7 Å². The summed E-state index contributed by atoms with van der Waals surface area (Å²) in [6.07, 6.45) is 8.03. The second-order valence-electron chi connectivity index (χ2n) is 7.53. The molecule has 0 bridgehead atoms. The molecule has 1 heterocycles. The van der Waals surface area contributed by atoms with Crippen molar-refractivity contribution < 1.29 is 0 Å². The number of likely N-dealkylation sites (tertiary alicyclic amines) is 1. The first-order chi connectivity index (χ1) is 10.3. The zero-order chi connectivity index (χ0) is 14.2. The number of nitrogens with two attached hydrogens (primary N) is 1. The van der Waals surface area contributed by atoms with E-state index in [1.54, 1.807) is 11.1 Å². The van der Waals surface area contributed by atoms with Gasteiger partial charge in [-0.2, -0.15) is 0 Å². The number of hydrogen-bond acceptors (Lipinski definition) is 2. The highest BCUT2D eigenvalue weighted by Gasteiger charge is 2.39. The van der Waals surface area contributed by atoms with Crippen molar-refractivity contribution in [2.75, 3.05) is 19.6 Å². The normalized spacial score (nSPS) is 36.2. The van der Waals surface area contributed by atoms with E-state index in [9.17, 15) is 0 Å². The largest absolute Gasteiger partial charge is 0.327 e. The van der Waals surface area contributed by atoms with Gasteiger partial charge in [0, 0.05) is 25.7 Å². The van der Waals surface area contributed by atoms with Crippen molar-refractivity contribution in [1.29, 1.82) is 0 Å². The number of nitrogens with zero attached hydrogens (tertiary/aromatic N) is 1. The molecule has 0 aromatic heterocycles. The van der Waals surface area contributed by atoms with Gasteiger partial charge in [-0.25, -0.2) is 0 Å². The van der Waals surface area contributed by atoms with Gasteiger partial charge in [-0.05, 0) is 61.0 Å². The number of aryl methyl sites for hydroxylation is 1. The first kappa shape index (κ1) is 13.8. The topological polar surface area (TPSA) is 29.3 Å². The van der Waals surface area contributed by atoms with E-state index in [4.69, 9.17) is 5.73 Å². The van der Waals surface area contributed by atoms with Crippen molar-refractivity contribution in [3.8, 4) is 0 Å².